The van der Waals surface area contributed by atoms with Gasteiger partial charge in [-0.25, -0.2) is 0 Å². The average Bonchev–Trinajstić information content (AvgIpc) is 2.82. The average molecular weight is 416 g/mol. The highest BCUT2D eigenvalue weighted by Gasteiger charge is 2.22. The Morgan fingerprint density at radius 1 is 0.839 bits per heavy atom. The van der Waals surface area contributed by atoms with Crippen LogP contribution in [-0.2, 0) is 11.3 Å². The third-order valence-electron chi connectivity index (χ3n) is 5.02. The van der Waals surface area contributed by atoms with E-state index in [4.69, 9.17) is 0 Å². The predicted molar refractivity (Wildman–Crippen MR) is 123 cm³/mol. The molecule has 0 aromatic heterocycles. The van der Waals surface area contributed by atoms with E-state index >= 15 is 0 Å². The fraction of sp³-hybridized carbons (Fsp3) is 0.231. The first kappa shape index (κ1) is 22.2. The number of rotatable bonds is 10. The zero-order valence-electron chi connectivity index (χ0n) is 17.8. The molecule has 0 aliphatic carbocycles. The summed E-state index contributed by atoms with van der Waals surface area (Å²) in [5.41, 5.74) is 2.55. The quantitative estimate of drug-likeness (QED) is 0.495. The van der Waals surface area contributed by atoms with Gasteiger partial charge in [0.2, 0.25) is 5.91 Å². The van der Waals surface area contributed by atoms with Crippen molar-refractivity contribution in [2.24, 2.45) is 0 Å². The van der Waals surface area contributed by atoms with E-state index in [-0.39, 0.29) is 11.8 Å². The summed E-state index contributed by atoms with van der Waals surface area (Å²) in [5.74, 6) is -0.478. The minimum absolute atomic E-state index is 0.207. The SMILES string of the molecule is CN(CCCNC(=O)C(NC(=O)c1ccccc1)c1ccccc1)Cc1ccccc1. The Labute approximate surface area is 184 Å². The molecule has 0 fully saturated rings. The Morgan fingerprint density at radius 2 is 1.42 bits per heavy atom. The second kappa shape index (κ2) is 11.7. The Bertz CT molecular complexity index is 946. The third kappa shape index (κ3) is 7.08. The lowest BCUT2D eigenvalue weighted by Gasteiger charge is -2.20. The predicted octanol–water partition coefficient (Wildman–Crippen LogP) is 3.80. The molecule has 0 saturated carbocycles. The lowest BCUT2D eigenvalue weighted by atomic mass is 10.1. The van der Waals surface area contributed by atoms with Gasteiger partial charge in [0, 0.05) is 18.7 Å². The molecule has 2 amide bonds. The number of nitrogens with one attached hydrogen (secondary N) is 2. The highest BCUT2D eigenvalue weighted by molar-refractivity contribution is 5.97. The lowest BCUT2D eigenvalue weighted by molar-refractivity contribution is -0.123. The van der Waals surface area contributed by atoms with Crippen molar-refractivity contribution in [1.29, 1.82) is 0 Å². The number of carbonyl (C=O) groups excluding carboxylic acids is 2. The van der Waals surface area contributed by atoms with E-state index in [1.807, 2.05) is 54.6 Å². The van der Waals surface area contributed by atoms with Crippen molar-refractivity contribution >= 4 is 11.8 Å². The zero-order valence-corrected chi connectivity index (χ0v) is 17.8. The molecule has 5 heteroatoms. The molecule has 3 aromatic rings. The van der Waals surface area contributed by atoms with Crippen LogP contribution in [0, 0.1) is 0 Å². The van der Waals surface area contributed by atoms with Gasteiger partial charge in [-0.05, 0) is 43.3 Å². The first-order chi connectivity index (χ1) is 15.1. The van der Waals surface area contributed by atoms with Gasteiger partial charge >= 0.3 is 0 Å². The van der Waals surface area contributed by atoms with Gasteiger partial charge in [0.1, 0.15) is 6.04 Å². The molecular weight excluding hydrogens is 386 g/mol. The maximum Gasteiger partial charge on any atom is 0.252 e. The zero-order chi connectivity index (χ0) is 21.9. The molecule has 0 spiro atoms. The van der Waals surface area contributed by atoms with Crippen LogP contribution in [0.3, 0.4) is 0 Å². The van der Waals surface area contributed by atoms with Crippen LogP contribution in [0.4, 0.5) is 0 Å². The number of nitrogens with zero attached hydrogens (tertiary/aromatic N) is 1. The molecule has 0 bridgehead atoms. The van der Waals surface area contributed by atoms with E-state index in [2.05, 4.69) is 34.7 Å². The Balaban J connectivity index is 1.53. The van der Waals surface area contributed by atoms with Crippen molar-refractivity contribution in [1.82, 2.24) is 15.5 Å². The smallest absolute Gasteiger partial charge is 0.252 e. The van der Waals surface area contributed by atoms with Crippen LogP contribution in [0.5, 0.6) is 0 Å². The normalized spacial score (nSPS) is 11.7. The van der Waals surface area contributed by atoms with E-state index in [1.165, 1.54) is 5.56 Å². The molecule has 1 atom stereocenters. The molecule has 2 N–H and O–H groups in total. The first-order valence-corrected chi connectivity index (χ1v) is 10.5. The van der Waals surface area contributed by atoms with Gasteiger partial charge < -0.3 is 15.5 Å². The standard InChI is InChI=1S/C26H29N3O2/c1-29(20-21-12-5-2-6-13-21)19-11-18-27-26(31)24(22-14-7-3-8-15-22)28-25(30)23-16-9-4-10-17-23/h2-10,12-17,24H,11,18-20H2,1H3,(H,27,31)(H,28,30). The molecule has 0 radical (unpaired) electrons. The summed E-state index contributed by atoms with van der Waals surface area (Å²) < 4.78 is 0. The van der Waals surface area contributed by atoms with Gasteiger partial charge in [-0.15, -0.1) is 0 Å². The maximum absolute atomic E-state index is 12.9. The minimum Gasteiger partial charge on any atom is -0.354 e. The van der Waals surface area contributed by atoms with Crippen molar-refractivity contribution < 1.29 is 9.59 Å². The first-order valence-electron chi connectivity index (χ1n) is 10.5. The molecule has 0 saturated heterocycles. The Morgan fingerprint density at radius 3 is 2.06 bits per heavy atom. The van der Waals surface area contributed by atoms with Crippen LogP contribution in [0.15, 0.2) is 91.0 Å². The van der Waals surface area contributed by atoms with E-state index in [0.717, 1.165) is 25.1 Å². The van der Waals surface area contributed by atoms with Gasteiger partial charge in [-0.3, -0.25) is 9.59 Å². The van der Waals surface area contributed by atoms with Gasteiger partial charge in [-0.2, -0.15) is 0 Å². The van der Waals surface area contributed by atoms with Gasteiger partial charge in [0.15, 0.2) is 0 Å². The monoisotopic (exact) mass is 415 g/mol. The summed E-state index contributed by atoms with van der Waals surface area (Å²) in [5, 5.41) is 5.85. The van der Waals surface area contributed by atoms with Crippen molar-refractivity contribution in [2.45, 2.75) is 19.0 Å². The lowest BCUT2D eigenvalue weighted by Crippen LogP contribution is -2.41. The van der Waals surface area contributed by atoms with Crippen molar-refractivity contribution in [3.63, 3.8) is 0 Å². The minimum atomic E-state index is -0.740. The summed E-state index contributed by atoms with van der Waals surface area (Å²) in [6, 6.07) is 27.8. The highest BCUT2D eigenvalue weighted by atomic mass is 16.2. The number of hydrogen-bond acceptors (Lipinski definition) is 3. The number of carbonyl (C=O) groups is 2. The summed E-state index contributed by atoms with van der Waals surface area (Å²) in [4.78, 5) is 27.8. The molecule has 1 unspecified atom stereocenters. The van der Waals surface area contributed by atoms with Crippen LogP contribution in [0.1, 0.15) is 33.9 Å². The van der Waals surface area contributed by atoms with E-state index in [0.29, 0.717) is 12.1 Å². The van der Waals surface area contributed by atoms with E-state index in [1.54, 1.807) is 24.3 Å². The van der Waals surface area contributed by atoms with Crippen molar-refractivity contribution in [3.05, 3.63) is 108 Å². The molecule has 3 aromatic carbocycles. The molecule has 160 valence electrons. The van der Waals surface area contributed by atoms with Crippen LogP contribution in [0.2, 0.25) is 0 Å². The summed E-state index contributed by atoms with van der Waals surface area (Å²) in [6.45, 7) is 2.28. The maximum atomic E-state index is 12.9. The topological polar surface area (TPSA) is 61.4 Å². The van der Waals surface area contributed by atoms with Crippen LogP contribution in [0.25, 0.3) is 0 Å². The summed E-state index contributed by atoms with van der Waals surface area (Å²) >= 11 is 0. The number of hydrogen-bond donors (Lipinski definition) is 2. The van der Waals surface area contributed by atoms with Gasteiger partial charge in [0.25, 0.3) is 5.91 Å². The Kier molecular flexibility index (Phi) is 8.38. The number of benzene rings is 3. The third-order valence-corrected chi connectivity index (χ3v) is 5.02. The molecule has 0 aliphatic heterocycles. The van der Waals surface area contributed by atoms with Crippen molar-refractivity contribution in [3.8, 4) is 0 Å². The van der Waals surface area contributed by atoms with E-state index < -0.39 is 6.04 Å². The molecule has 0 heterocycles. The Hall–Kier alpha value is -3.44. The second-order valence-electron chi connectivity index (χ2n) is 7.55. The molecule has 31 heavy (non-hydrogen) atoms. The largest absolute Gasteiger partial charge is 0.354 e. The van der Waals surface area contributed by atoms with Gasteiger partial charge in [0.05, 0.1) is 0 Å². The van der Waals surface area contributed by atoms with E-state index in [9.17, 15) is 9.59 Å². The fourth-order valence-electron chi connectivity index (χ4n) is 3.39. The molecule has 3 rings (SSSR count). The highest BCUT2D eigenvalue weighted by Crippen LogP contribution is 2.14. The fourth-order valence-corrected chi connectivity index (χ4v) is 3.39. The van der Waals surface area contributed by atoms with Crippen LogP contribution in [-0.4, -0.2) is 36.9 Å². The van der Waals surface area contributed by atoms with Crippen molar-refractivity contribution in [2.75, 3.05) is 20.1 Å². The molecular formula is C26H29N3O2. The van der Waals surface area contributed by atoms with Crippen LogP contribution >= 0.6 is 0 Å². The molecule has 0 aliphatic rings. The van der Waals surface area contributed by atoms with Gasteiger partial charge in [-0.1, -0.05) is 78.9 Å². The van der Waals surface area contributed by atoms with Crippen LogP contribution < -0.4 is 10.6 Å². The molecule has 5 nitrogen and oxygen atoms in total. The number of amides is 2. The summed E-state index contributed by atoms with van der Waals surface area (Å²) in [6.07, 6.45) is 0.823. The summed E-state index contributed by atoms with van der Waals surface area (Å²) in [7, 11) is 2.07. The second-order valence-corrected chi connectivity index (χ2v) is 7.55.